The summed E-state index contributed by atoms with van der Waals surface area (Å²) in [5.41, 5.74) is 0.0249. The lowest BCUT2D eigenvalue weighted by Gasteiger charge is -2.27. The molecular formula is C11H12F2O3. The van der Waals surface area contributed by atoms with Gasteiger partial charge >= 0.3 is 0 Å². The summed E-state index contributed by atoms with van der Waals surface area (Å²) in [6, 6.07) is 3.06. The molecule has 0 saturated carbocycles. The van der Waals surface area contributed by atoms with Crippen LogP contribution in [0.1, 0.15) is 11.7 Å². The van der Waals surface area contributed by atoms with Crippen LogP contribution in [-0.4, -0.2) is 31.0 Å². The average Bonchev–Trinajstić information content (AvgIpc) is 2.29. The number of aliphatic hydroxyl groups is 1. The Labute approximate surface area is 91.6 Å². The fourth-order valence-corrected chi connectivity index (χ4v) is 1.63. The van der Waals surface area contributed by atoms with Gasteiger partial charge in [-0.05, 0) is 6.07 Å². The highest BCUT2D eigenvalue weighted by molar-refractivity contribution is 5.21. The van der Waals surface area contributed by atoms with Gasteiger partial charge in [0.25, 0.3) is 0 Å². The van der Waals surface area contributed by atoms with E-state index in [9.17, 15) is 13.9 Å². The van der Waals surface area contributed by atoms with Gasteiger partial charge in [-0.1, -0.05) is 6.07 Å². The van der Waals surface area contributed by atoms with Crippen molar-refractivity contribution in [3.8, 4) is 0 Å². The van der Waals surface area contributed by atoms with E-state index < -0.39 is 23.8 Å². The highest BCUT2D eigenvalue weighted by Gasteiger charge is 2.26. The molecule has 1 heterocycles. The number of halogens is 2. The first-order valence-corrected chi connectivity index (χ1v) is 5.01. The van der Waals surface area contributed by atoms with Crippen molar-refractivity contribution in [1.82, 2.24) is 0 Å². The predicted octanol–water partition coefficient (Wildman–Crippen LogP) is 1.41. The third kappa shape index (κ3) is 2.37. The van der Waals surface area contributed by atoms with Crippen LogP contribution in [-0.2, 0) is 9.47 Å². The van der Waals surface area contributed by atoms with Crippen molar-refractivity contribution < 1.29 is 23.4 Å². The fraction of sp³-hybridized carbons (Fsp3) is 0.455. The molecule has 0 radical (unpaired) electrons. The molecule has 0 spiro atoms. The van der Waals surface area contributed by atoms with Gasteiger partial charge in [-0.15, -0.1) is 0 Å². The Kier molecular flexibility index (Phi) is 3.48. The maximum atomic E-state index is 13.4. The second kappa shape index (κ2) is 4.86. The highest BCUT2D eigenvalue weighted by Crippen LogP contribution is 2.24. The zero-order chi connectivity index (χ0) is 11.5. The predicted molar refractivity (Wildman–Crippen MR) is 51.9 cm³/mol. The lowest BCUT2D eigenvalue weighted by Crippen LogP contribution is -2.34. The van der Waals surface area contributed by atoms with Gasteiger partial charge in [0.1, 0.15) is 23.8 Å². The van der Waals surface area contributed by atoms with Crippen molar-refractivity contribution in [3.05, 3.63) is 35.4 Å². The topological polar surface area (TPSA) is 38.7 Å². The Morgan fingerprint density at radius 1 is 1.31 bits per heavy atom. The van der Waals surface area contributed by atoms with E-state index in [1.165, 1.54) is 6.07 Å². The van der Waals surface area contributed by atoms with E-state index in [-0.39, 0.29) is 12.2 Å². The minimum absolute atomic E-state index is 0.0249. The van der Waals surface area contributed by atoms with Gasteiger partial charge in [0.15, 0.2) is 0 Å². The molecule has 2 rings (SSSR count). The second-order valence-electron chi connectivity index (χ2n) is 3.59. The summed E-state index contributed by atoms with van der Waals surface area (Å²) in [4.78, 5) is 0. The molecule has 0 aliphatic carbocycles. The van der Waals surface area contributed by atoms with E-state index in [2.05, 4.69) is 0 Å². The molecule has 1 aromatic rings. The molecule has 1 N–H and O–H groups in total. The maximum absolute atomic E-state index is 13.4. The lowest BCUT2D eigenvalue weighted by molar-refractivity contribution is -0.134. The zero-order valence-corrected chi connectivity index (χ0v) is 8.53. The van der Waals surface area contributed by atoms with Gasteiger partial charge in [-0.25, -0.2) is 8.78 Å². The molecule has 16 heavy (non-hydrogen) atoms. The third-order valence-electron chi connectivity index (χ3n) is 2.48. The Morgan fingerprint density at radius 3 is 2.75 bits per heavy atom. The summed E-state index contributed by atoms with van der Waals surface area (Å²) in [6.07, 6.45) is -1.74. The summed E-state index contributed by atoms with van der Waals surface area (Å²) < 4.78 is 36.4. The molecule has 5 heteroatoms. The normalized spacial score (nSPS) is 23.1. The molecule has 1 fully saturated rings. The van der Waals surface area contributed by atoms with Gasteiger partial charge in [0.2, 0.25) is 0 Å². The molecule has 2 unspecified atom stereocenters. The van der Waals surface area contributed by atoms with Crippen LogP contribution in [0.3, 0.4) is 0 Å². The van der Waals surface area contributed by atoms with Crippen molar-refractivity contribution in [3.63, 3.8) is 0 Å². The molecule has 3 nitrogen and oxygen atoms in total. The van der Waals surface area contributed by atoms with E-state index in [1.54, 1.807) is 0 Å². The Bertz CT molecular complexity index is 364. The summed E-state index contributed by atoms with van der Waals surface area (Å²) >= 11 is 0. The SMILES string of the molecule is OC(c1ccc(F)cc1F)C1COCCO1. The third-order valence-corrected chi connectivity index (χ3v) is 2.48. The molecule has 1 aliphatic heterocycles. The second-order valence-corrected chi connectivity index (χ2v) is 3.59. The Balaban J connectivity index is 2.15. The van der Waals surface area contributed by atoms with Gasteiger partial charge < -0.3 is 14.6 Å². The molecule has 1 aromatic carbocycles. The number of hydrogen-bond acceptors (Lipinski definition) is 3. The number of benzene rings is 1. The van der Waals surface area contributed by atoms with Gasteiger partial charge in [-0.2, -0.15) is 0 Å². The van der Waals surface area contributed by atoms with Gasteiger partial charge in [0.05, 0.1) is 19.8 Å². The largest absolute Gasteiger partial charge is 0.385 e. The first-order valence-electron chi connectivity index (χ1n) is 5.01. The Morgan fingerprint density at radius 2 is 2.12 bits per heavy atom. The zero-order valence-electron chi connectivity index (χ0n) is 8.53. The standard InChI is InChI=1S/C11H12F2O3/c12-7-1-2-8(9(13)5-7)11(14)10-6-15-3-4-16-10/h1-2,5,10-11,14H,3-4,6H2. The molecular weight excluding hydrogens is 218 g/mol. The molecule has 0 amide bonds. The minimum Gasteiger partial charge on any atom is -0.385 e. The molecule has 0 aromatic heterocycles. The molecule has 2 atom stereocenters. The molecule has 1 saturated heterocycles. The number of aliphatic hydroxyl groups excluding tert-OH is 1. The lowest BCUT2D eigenvalue weighted by atomic mass is 10.0. The number of rotatable bonds is 2. The van der Waals surface area contributed by atoms with Gasteiger partial charge in [-0.3, -0.25) is 0 Å². The first-order chi connectivity index (χ1) is 7.68. The molecule has 88 valence electrons. The van der Waals surface area contributed by atoms with Crippen molar-refractivity contribution in [1.29, 1.82) is 0 Å². The van der Waals surface area contributed by atoms with Crippen LogP contribution in [0.15, 0.2) is 18.2 Å². The quantitative estimate of drug-likeness (QED) is 0.835. The summed E-state index contributed by atoms with van der Waals surface area (Å²) in [5.74, 6) is -1.45. The van der Waals surface area contributed by atoms with Crippen molar-refractivity contribution in [2.24, 2.45) is 0 Å². The first kappa shape index (κ1) is 11.4. The highest BCUT2D eigenvalue weighted by atomic mass is 19.1. The van der Waals surface area contributed by atoms with E-state index in [1.807, 2.05) is 0 Å². The van der Waals surface area contributed by atoms with Crippen LogP contribution in [0.2, 0.25) is 0 Å². The van der Waals surface area contributed by atoms with E-state index in [4.69, 9.17) is 9.47 Å². The van der Waals surface area contributed by atoms with E-state index in [0.29, 0.717) is 13.2 Å². The van der Waals surface area contributed by atoms with Crippen LogP contribution in [0.25, 0.3) is 0 Å². The number of ether oxygens (including phenoxy) is 2. The molecule has 0 bridgehead atoms. The summed E-state index contributed by atoms with van der Waals surface area (Å²) in [5, 5.41) is 9.85. The van der Waals surface area contributed by atoms with E-state index >= 15 is 0 Å². The fourth-order valence-electron chi connectivity index (χ4n) is 1.63. The molecule has 1 aliphatic rings. The van der Waals surface area contributed by atoms with E-state index in [0.717, 1.165) is 12.1 Å². The summed E-state index contributed by atoms with van der Waals surface area (Å²) in [7, 11) is 0. The summed E-state index contributed by atoms with van der Waals surface area (Å²) in [6.45, 7) is 1.04. The smallest absolute Gasteiger partial charge is 0.132 e. The Hall–Kier alpha value is -1.04. The van der Waals surface area contributed by atoms with Crippen LogP contribution in [0.5, 0.6) is 0 Å². The van der Waals surface area contributed by atoms with Crippen LogP contribution >= 0.6 is 0 Å². The van der Waals surface area contributed by atoms with Crippen LogP contribution < -0.4 is 0 Å². The van der Waals surface area contributed by atoms with Crippen molar-refractivity contribution in [2.75, 3.05) is 19.8 Å². The van der Waals surface area contributed by atoms with Gasteiger partial charge in [0, 0.05) is 11.6 Å². The average molecular weight is 230 g/mol. The van der Waals surface area contributed by atoms with Crippen LogP contribution in [0.4, 0.5) is 8.78 Å². The monoisotopic (exact) mass is 230 g/mol. The van der Waals surface area contributed by atoms with Crippen LogP contribution in [0, 0.1) is 11.6 Å². The maximum Gasteiger partial charge on any atom is 0.132 e. The van der Waals surface area contributed by atoms with Crippen molar-refractivity contribution >= 4 is 0 Å². The van der Waals surface area contributed by atoms with Crippen molar-refractivity contribution in [2.45, 2.75) is 12.2 Å². The number of hydrogen-bond donors (Lipinski definition) is 1. The minimum atomic E-state index is -1.14.